The first kappa shape index (κ1) is 10.8. The van der Waals surface area contributed by atoms with Crippen LogP contribution in [0.15, 0.2) is 0 Å². The normalized spacial score (nSPS) is 35.3. The fourth-order valence-corrected chi connectivity index (χ4v) is 1.96. The van der Waals surface area contributed by atoms with Crippen LogP contribution in [0.25, 0.3) is 0 Å². The van der Waals surface area contributed by atoms with E-state index in [4.69, 9.17) is 0 Å². The molecule has 0 aromatic carbocycles. The highest BCUT2D eigenvalue weighted by atomic mass is 19.4. The Balaban J connectivity index is 2.43. The molecule has 13 heavy (non-hydrogen) atoms. The lowest BCUT2D eigenvalue weighted by atomic mass is 9.88. The Morgan fingerprint density at radius 3 is 2.46 bits per heavy atom. The highest BCUT2D eigenvalue weighted by Crippen LogP contribution is 2.40. The van der Waals surface area contributed by atoms with Crippen LogP contribution in [0.4, 0.5) is 13.2 Å². The lowest BCUT2D eigenvalue weighted by molar-refractivity contribution is -0.149. The van der Waals surface area contributed by atoms with Crippen LogP contribution in [0.1, 0.15) is 39.0 Å². The van der Waals surface area contributed by atoms with Gasteiger partial charge in [0.1, 0.15) is 0 Å². The Labute approximate surface area is 75.9 Å². The standard InChI is InChI=1S/C9H15F3O/c1-7-3-2-4-8(7,13)5-6-9(10,11)12/h7,13H,2-6H2,1H3. The molecule has 1 rings (SSSR count). The van der Waals surface area contributed by atoms with Gasteiger partial charge in [0.25, 0.3) is 0 Å². The van der Waals surface area contributed by atoms with E-state index in [0.29, 0.717) is 6.42 Å². The molecule has 0 bridgehead atoms. The minimum absolute atomic E-state index is 0.00912. The molecule has 0 radical (unpaired) electrons. The van der Waals surface area contributed by atoms with E-state index >= 15 is 0 Å². The zero-order valence-corrected chi connectivity index (χ0v) is 7.69. The molecule has 2 atom stereocenters. The summed E-state index contributed by atoms with van der Waals surface area (Å²) in [5, 5.41) is 9.82. The number of hydrogen-bond acceptors (Lipinski definition) is 1. The first-order valence-electron chi connectivity index (χ1n) is 4.63. The highest BCUT2D eigenvalue weighted by Gasteiger charge is 2.41. The second-order valence-electron chi connectivity index (χ2n) is 4.01. The van der Waals surface area contributed by atoms with Gasteiger partial charge in [0.15, 0.2) is 0 Å². The van der Waals surface area contributed by atoms with Crippen molar-refractivity contribution in [2.75, 3.05) is 0 Å². The largest absolute Gasteiger partial charge is 0.390 e. The molecule has 0 aromatic rings. The predicted molar refractivity (Wildman–Crippen MR) is 43.3 cm³/mol. The fraction of sp³-hybridized carbons (Fsp3) is 1.00. The van der Waals surface area contributed by atoms with E-state index in [9.17, 15) is 18.3 Å². The maximum atomic E-state index is 11.9. The molecule has 1 aliphatic rings. The van der Waals surface area contributed by atoms with Crippen LogP contribution in [0.2, 0.25) is 0 Å². The van der Waals surface area contributed by atoms with Crippen LogP contribution in [-0.4, -0.2) is 16.9 Å². The van der Waals surface area contributed by atoms with Gasteiger partial charge in [0.2, 0.25) is 0 Å². The summed E-state index contributed by atoms with van der Waals surface area (Å²) in [6.45, 7) is 1.82. The monoisotopic (exact) mass is 196 g/mol. The second-order valence-corrected chi connectivity index (χ2v) is 4.01. The molecule has 0 aromatic heterocycles. The number of halogens is 3. The Kier molecular flexibility index (Phi) is 2.90. The smallest absolute Gasteiger partial charge is 0.389 e. The molecular formula is C9H15F3O. The van der Waals surface area contributed by atoms with Crippen molar-refractivity contribution in [3.05, 3.63) is 0 Å². The summed E-state index contributed by atoms with van der Waals surface area (Å²) in [5.74, 6) is 0.00912. The van der Waals surface area contributed by atoms with E-state index in [2.05, 4.69) is 0 Å². The van der Waals surface area contributed by atoms with E-state index in [1.165, 1.54) is 0 Å². The van der Waals surface area contributed by atoms with Crippen molar-refractivity contribution < 1.29 is 18.3 Å². The average molecular weight is 196 g/mol. The van der Waals surface area contributed by atoms with Gasteiger partial charge >= 0.3 is 6.18 Å². The van der Waals surface area contributed by atoms with Crippen LogP contribution in [0, 0.1) is 5.92 Å². The van der Waals surface area contributed by atoms with Gasteiger partial charge in [-0.1, -0.05) is 13.3 Å². The van der Waals surface area contributed by atoms with Gasteiger partial charge in [0, 0.05) is 6.42 Å². The van der Waals surface area contributed by atoms with Gasteiger partial charge in [-0.25, -0.2) is 0 Å². The maximum absolute atomic E-state index is 11.9. The zero-order chi connectivity index (χ0) is 10.1. The van der Waals surface area contributed by atoms with Crippen molar-refractivity contribution in [2.24, 2.45) is 5.92 Å². The predicted octanol–water partition coefficient (Wildman–Crippen LogP) is 2.88. The molecule has 0 amide bonds. The highest BCUT2D eigenvalue weighted by molar-refractivity contribution is 4.90. The molecule has 78 valence electrons. The Bertz CT molecular complexity index is 178. The maximum Gasteiger partial charge on any atom is 0.389 e. The summed E-state index contributed by atoms with van der Waals surface area (Å²) < 4.78 is 35.7. The van der Waals surface area contributed by atoms with E-state index in [1.807, 2.05) is 6.92 Å². The molecule has 0 aliphatic heterocycles. The molecule has 1 aliphatic carbocycles. The van der Waals surface area contributed by atoms with Gasteiger partial charge < -0.3 is 5.11 Å². The van der Waals surface area contributed by atoms with Crippen molar-refractivity contribution in [1.29, 1.82) is 0 Å². The number of aliphatic hydroxyl groups is 1. The van der Waals surface area contributed by atoms with Crippen molar-refractivity contribution >= 4 is 0 Å². The minimum Gasteiger partial charge on any atom is -0.390 e. The second kappa shape index (κ2) is 3.48. The Morgan fingerprint density at radius 1 is 1.46 bits per heavy atom. The molecule has 1 nitrogen and oxygen atoms in total. The molecule has 0 saturated heterocycles. The topological polar surface area (TPSA) is 20.2 Å². The molecule has 4 heteroatoms. The van der Waals surface area contributed by atoms with Gasteiger partial charge in [-0.3, -0.25) is 0 Å². The van der Waals surface area contributed by atoms with Crippen molar-refractivity contribution in [2.45, 2.75) is 50.8 Å². The van der Waals surface area contributed by atoms with Crippen molar-refractivity contribution in [1.82, 2.24) is 0 Å². The summed E-state index contributed by atoms with van der Waals surface area (Å²) in [6, 6.07) is 0. The fourth-order valence-electron chi connectivity index (χ4n) is 1.96. The van der Waals surface area contributed by atoms with Crippen LogP contribution < -0.4 is 0 Å². The summed E-state index contributed by atoms with van der Waals surface area (Å²) in [5.41, 5.74) is -1.06. The number of rotatable bonds is 2. The summed E-state index contributed by atoms with van der Waals surface area (Å²) in [6.07, 6.45) is -2.95. The van der Waals surface area contributed by atoms with Crippen molar-refractivity contribution in [3.63, 3.8) is 0 Å². The summed E-state index contributed by atoms with van der Waals surface area (Å²) in [4.78, 5) is 0. The molecule has 1 saturated carbocycles. The zero-order valence-electron chi connectivity index (χ0n) is 7.69. The van der Waals surface area contributed by atoms with E-state index in [-0.39, 0.29) is 12.3 Å². The molecule has 1 fully saturated rings. The first-order valence-corrected chi connectivity index (χ1v) is 4.63. The van der Waals surface area contributed by atoms with Gasteiger partial charge in [-0.15, -0.1) is 0 Å². The molecule has 2 unspecified atom stereocenters. The van der Waals surface area contributed by atoms with E-state index in [0.717, 1.165) is 12.8 Å². The molecular weight excluding hydrogens is 181 g/mol. The van der Waals surface area contributed by atoms with Crippen LogP contribution >= 0.6 is 0 Å². The molecule has 1 N–H and O–H groups in total. The third kappa shape index (κ3) is 2.86. The third-order valence-electron chi connectivity index (χ3n) is 3.01. The van der Waals surface area contributed by atoms with Gasteiger partial charge in [-0.05, 0) is 25.2 Å². The quantitative estimate of drug-likeness (QED) is 0.720. The van der Waals surface area contributed by atoms with Crippen molar-refractivity contribution in [3.8, 4) is 0 Å². The lowest BCUT2D eigenvalue weighted by Crippen LogP contribution is -2.33. The van der Waals surface area contributed by atoms with Crippen LogP contribution in [-0.2, 0) is 0 Å². The Morgan fingerprint density at radius 2 is 2.08 bits per heavy atom. The van der Waals surface area contributed by atoms with E-state index in [1.54, 1.807) is 0 Å². The van der Waals surface area contributed by atoms with Gasteiger partial charge in [-0.2, -0.15) is 13.2 Å². The van der Waals surface area contributed by atoms with Crippen LogP contribution in [0.3, 0.4) is 0 Å². The first-order chi connectivity index (χ1) is 5.83. The van der Waals surface area contributed by atoms with Crippen LogP contribution in [0.5, 0.6) is 0 Å². The summed E-state index contributed by atoms with van der Waals surface area (Å²) >= 11 is 0. The SMILES string of the molecule is CC1CCCC1(O)CCC(F)(F)F. The minimum atomic E-state index is -4.14. The Hall–Kier alpha value is -0.250. The van der Waals surface area contributed by atoms with E-state index < -0.39 is 18.2 Å². The number of alkyl halides is 3. The number of hydrogen-bond donors (Lipinski definition) is 1. The molecule has 0 heterocycles. The summed E-state index contributed by atoms with van der Waals surface area (Å²) in [7, 11) is 0. The average Bonchev–Trinajstić information content (AvgIpc) is 2.29. The third-order valence-corrected chi connectivity index (χ3v) is 3.01. The molecule has 0 spiro atoms. The lowest BCUT2D eigenvalue weighted by Gasteiger charge is -2.28. The van der Waals surface area contributed by atoms with Gasteiger partial charge in [0.05, 0.1) is 5.60 Å².